The monoisotopic (exact) mass is 207 g/mol. The van der Waals surface area contributed by atoms with Gasteiger partial charge < -0.3 is 0 Å². The molecule has 0 aliphatic carbocycles. The van der Waals surface area contributed by atoms with Crippen molar-refractivity contribution in [2.45, 2.75) is 0 Å². The van der Waals surface area contributed by atoms with E-state index in [0.29, 0.717) is 0 Å². The number of nitrogens with zero attached hydrogens (tertiary/aromatic N) is 3. The van der Waals surface area contributed by atoms with Crippen LogP contribution in [0.15, 0.2) is 55.0 Å². The van der Waals surface area contributed by atoms with Crippen LogP contribution in [-0.4, -0.2) is 15.0 Å². The number of rotatable bonds is 1. The molecule has 3 nitrogen and oxygen atoms in total. The molecule has 0 bridgehead atoms. The lowest BCUT2D eigenvalue weighted by molar-refractivity contribution is 1.26. The molecule has 0 radical (unpaired) electrons. The summed E-state index contributed by atoms with van der Waals surface area (Å²) in [4.78, 5) is 12.8. The lowest BCUT2D eigenvalue weighted by Crippen LogP contribution is -1.87. The summed E-state index contributed by atoms with van der Waals surface area (Å²) < 4.78 is 0. The number of pyridine rings is 3. The van der Waals surface area contributed by atoms with E-state index in [1.807, 2.05) is 36.4 Å². The summed E-state index contributed by atoms with van der Waals surface area (Å²) in [7, 11) is 0. The van der Waals surface area contributed by atoms with Gasteiger partial charge in [0.25, 0.3) is 0 Å². The van der Waals surface area contributed by atoms with E-state index in [4.69, 9.17) is 0 Å². The van der Waals surface area contributed by atoms with Crippen molar-refractivity contribution >= 4 is 11.0 Å². The van der Waals surface area contributed by atoms with Crippen LogP contribution >= 0.6 is 0 Å². The van der Waals surface area contributed by atoms with Crippen LogP contribution in [0, 0.1) is 0 Å². The minimum atomic E-state index is 0.767. The van der Waals surface area contributed by atoms with E-state index in [1.165, 1.54) is 0 Å². The lowest BCUT2D eigenvalue weighted by Gasteiger charge is -2.01. The predicted octanol–water partition coefficient (Wildman–Crippen LogP) is 2.69. The van der Waals surface area contributed by atoms with Gasteiger partial charge in [-0.2, -0.15) is 0 Å². The molecular formula is C13H9N3. The van der Waals surface area contributed by atoms with Gasteiger partial charge in [-0.3, -0.25) is 4.98 Å². The largest absolute Gasteiger partial charge is 0.264 e. The summed E-state index contributed by atoms with van der Waals surface area (Å²) >= 11 is 0. The highest BCUT2D eigenvalue weighted by Crippen LogP contribution is 2.18. The summed E-state index contributed by atoms with van der Waals surface area (Å²) in [5.74, 6) is 0. The Morgan fingerprint density at radius 2 is 1.81 bits per heavy atom. The lowest BCUT2D eigenvalue weighted by atomic mass is 10.2. The number of fused-ring (bicyclic) bond motifs is 1. The Hall–Kier alpha value is -2.29. The van der Waals surface area contributed by atoms with E-state index in [9.17, 15) is 0 Å². The van der Waals surface area contributed by atoms with Crippen molar-refractivity contribution in [1.82, 2.24) is 15.0 Å². The highest BCUT2D eigenvalue weighted by atomic mass is 14.8. The van der Waals surface area contributed by atoms with E-state index in [-0.39, 0.29) is 0 Å². The van der Waals surface area contributed by atoms with Gasteiger partial charge in [0.1, 0.15) is 0 Å². The second kappa shape index (κ2) is 3.70. The molecule has 3 aromatic heterocycles. The topological polar surface area (TPSA) is 38.7 Å². The highest BCUT2D eigenvalue weighted by Gasteiger charge is 2.00. The molecule has 0 amide bonds. The molecule has 0 N–H and O–H groups in total. The van der Waals surface area contributed by atoms with Gasteiger partial charge in [0, 0.05) is 29.5 Å². The molecular weight excluding hydrogens is 198 g/mol. The van der Waals surface area contributed by atoms with Gasteiger partial charge in [-0.25, -0.2) is 9.97 Å². The third kappa shape index (κ3) is 1.52. The molecule has 0 unspecified atom stereocenters. The van der Waals surface area contributed by atoms with Gasteiger partial charge in [0.15, 0.2) is 5.65 Å². The molecule has 0 atom stereocenters. The fraction of sp³-hybridized carbons (Fsp3) is 0. The Labute approximate surface area is 92.8 Å². The molecule has 0 saturated carbocycles. The maximum absolute atomic E-state index is 4.49. The fourth-order valence-corrected chi connectivity index (χ4v) is 1.63. The van der Waals surface area contributed by atoms with Crippen molar-refractivity contribution in [1.29, 1.82) is 0 Å². The molecule has 0 aliphatic heterocycles. The number of aromatic nitrogens is 3. The molecule has 0 aliphatic rings. The molecule has 3 aromatic rings. The van der Waals surface area contributed by atoms with Gasteiger partial charge in [0.2, 0.25) is 0 Å². The first-order valence-electron chi connectivity index (χ1n) is 5.06. The van der Waals surface area contributed by atoms with Crippen molar-refractivity contribution in [2.24, 2.45) is 0 Å². The van der Waals surface area contributed by atoms with E-state index in [0.717, 1.165) is 22.3 Å². The molecule has 0 aromatic carbocycles. The molecule has 0 spiro atoms. The Bertz CT molecular complexity index is 620. The number of hydrogen-bond acceptors (Lipinski definition) is 3. The summed E-state index contributed by atoms with van der Waals surface area (Å²) in [6.45, 7) is 0. The maximum Gasteiger partial charge on any atom is 0.159 e. The van der Waals surface area contributed by atoms with E-state index < -0.39 is 0 Å². The van der Waals surface area contributed by atoms with Gasteiger partial charge in [-0.1, -0.05) is 0 Å². The second-order valence-electron chi connectivity index (χ2n) is 3.49. The van der Waals surface area contributed by atoms with Gasteiger partial charge >= 0.3 is 0 Å². The number of hydrogen-bond donors (Lipinski definition) is 0. The third-order valence-electron chi connectivity index (χ3n) is 2.42. The summed E-state index contributed by atoms with van der Waals surface area (Å²) in [6, 6.07) is 11.8. The third-order valence-corrected chi connectivity index (χ3v) is 2.42. The molecule has 76 valence electrons. The van der Waals surface area contributed by atoms with Gasteiger partial charge in [-0.15, -0.1) is 0 Å². The van der Waals surface area contributed by atoms with Crippen LogP contribution in [0.4, 0.5) is 0 Å². The summed E-state index contributed by atoms with van der Waals surface area (Å²) in [5, 5.41) is 1.05. The first-order valence-corrected chi connectivity index (χ1v) is 5.06. The van der Waals surface area contributed by atoms with Crippen molar-refractivity contribution < 1.29 is 0 Å². The Morgan fingerprint density at radius 1 is 0.875 bits per heavy atom. The zero-order valence-electron chi connectivity index (χ0n) is 8.54. The smallest absolute Gasteiger partial charge is 0.159 e. The van der Waals surface area contributed by atoms with Crippen LogP contribution in [0.3, 0.4) is 0 Å². The van der Waals surface area contributed by atoms with Crippen LogP contribution in [0.25, 0.3) is 22.3 Å². The average Bonchev–Trinajstić information content (AvgIpc) is 2.39. The molecule has 16 heavy (non-hydrogen) atoms. The Morgan fingerprint density at radius 3 is 2.69 bits per heavy atom. The zero-order chi connectivity index (χ0) is 10.8. The van der Waals surface area contributed by atoms with Crippen LogP contribution in [0.5, 0.6) is 0 Å². The SMILES string of the molecule is c1cncc(-c2ccc3cccnc3n2)c1. The van der Waals surface area contributed by atoms with Crippen molar-refractivity contribution in [2.75, 3.05) is 0 Å². The standard InChI is InChI=1S/C13H9N3/c1-4-11(9-14-7-1)12-6-5-10-3-2-8-15-13(10)16-12/h1-9H. The molecule has 3 rings (SSSR count). The first kappa shape index (κ1) is 8.97. The van der Waals surface area contributed by atoms with Crippen LogP contribution in [0.2, 0.25) is 0 Å². The van der Waals surface area contributed by atoms with Gasteiger partial charge in [-0.05, 0) is 36.4 Å². The van der Waals surface area contributed by atoms with E-state index in [2.05, 4.69) is 15.0 Å². The van der Waals surface area contributed by atoms with Crippen molar-refractivity contribution in [3.05, 3.63) is 55.0 Å². The summed E-state index contributed by atoms with van der Waals surface area (Å²) in [6.07, 6.45) is 5.31. The van der Waals surface area contributed by atoms with Crippen LogP contribution < -0.4 is 0 Å². The average molecular weight is 207 g/mol. The van der Waals surface area contributed by atoms with Crippen molar-refractivity contribution in [3.63, 3.8) is 0 Å². The predicted molar refractivity (Wildman–Crippen MR) is 62.8 cm³/mol. The normalized spacial score (nSPS) is 10.5. The summed E-state index contributed by atoms with van der Waals surface area (Å²) in [5.41, 5.74) is 2.68. The van der Waals surface area contributed by atoms with E-state index >= 15 is 0 Å². The van der Waals surface area contributed by atoms with E-state index in [1.54, 1.807) is 18.6 Å². The van der Waals surface area contributed by atoms with Gasteiger partial charge in [0.05, 0.1) is 5.69 Å². The second-order valence-corrected chi connectivity index (χ2v) is 3.49. The molecule has 0 saturated heterocycles. The first-order chi connectivity index (χ1) is 7.93. The highest BCUT2D eigenvalue weighted by molar-refractivity contribution is 5.77. The maximum atomic E-state index is 4.49. The minimum Gasteiger partial charge on any atom is -0.264 e. The minimum absolute atomic E-state index is 0.767. The quantitative estimate of drug-likeness (QED) is 0.615. The van der Waals surface area contributed by atoms with Crippen LogP contribution in [0.1, 0.15) is 0 Å². The fourth-order valence-electron chi connectivity index (χ4n) is 1.63. The molecule has 3 heteroatoms. The zero-order valence-corrected chi connectivity index (χ0v) is 8.54. The van der Waals surface area contributed by atoms with Crippen LogP contribution in [-0.2, 0) is 0 Å². The Kier molecular flexibility index (Phi) is 2.07. The molecule has 3 heterocycles. The van der Waals surface area contributed by atoms with Crippen molar-refractivity contribution in [3.8, 4) is 11.3 Å². The Balaban J connectivity index is 2.19. The molecule has 0 fully saturated rings.